The summed E-state index contributed by atoms with van der Waals surface area (Å²) in [5, 5.41) is 19.2. The third-order valence-electron chi connectivity index (χ3n) is 3.46. The Balaban J connectivity index is 2.53. The van der Waals surface area contributed by atoms with Crippen molar-refractivity contribution in [3.63, 3.8) is 0 Å². The SMILES string of the molecule is OCCC(CO)(c1ccccc1)c1ccccc1. The van der Waals surface area contributed by atoms with Crippen LogP contribution in [0, 0.1) is 0 Å². The van der Waals surface area contributed by atoms with Gasteiger partial charge in [-0.25, -0.2) is 0 Å². The Morgan fingerprint density at radius 3 is 1.50 bits per heavy atom. The van der Waals surface area contributed by atoms with Gasteiger partial charge >= 0.3 is 0 Å². The standard InChI is InChI=1S/C16H18O2/c17-12-11-16(13-18,14-7-3-1-4-8-14)15-9-5-2-6-10-15/h1-10,17-18H,11-13H2. The summed E-state index contributed by atoms with van der Waals surface area (Å²) in [5.41, 5.74) is 1.55. The van der Waals surface area contributed by atoms with Crippen LogP contribution < -0.4 is 0 Å². The van der Waals surface area contributed by atoms with E-state index in [1.165, 1.54) is 0 Å². The van der Waals surface area contributed by atoms with Crippen LogP contribution in [0.2, 0.25) is 0 Å². The van der Waals surface area contributed by atoms with E-state index in [0.29, 0.717) is 6.42 Å². The molecule has 2 heteroatoms. The van der Waals surface area contributed by atoms with Crippen LogP contribution in [-0.4, -0.2) is 23.4 Å². The van der Waals surface area contributed by atoms with Crippen LogP contribution in [0.25, 0.3) is 0 Å². The molecule has 2 aromatic rings. The summed E-state index contributed by atoms with van der Waals surface area (Å²) in [4.78, 5) is 0. The predicted octanol–water partition coefficient (Wildman–Crippen LogP) is 2.35. The molecule has 0 aliphatic rings. The molecule has 2 nitrogen and oxygen atoms in total. The van der Waals surface area contributed by atoms with Crippen molar-refractivity contribution in [2.45, 2.75) is 11.8 Å². The molecule has 0 spiro atoms. The molecule has 0 bridgehead atoms. The van der Waals surface area contributed by atoms with E-state index >= 15 is 0 Å². The third kappa shape index (κ3) is 2.30. The minimum Gasteiger partial charge on any atom is -0.396 e. The van der Waals surface area contributed by atoms with Gasteiger partial charge in [-0.1, -0.05) is 60.7 Å². The second-order valence-electron chi connectivity index (χ2n) is 4.45. The van der Waals surface area contributed by atoms with E-state index < -0.39 is 5.41 Å². The summed E-state index contributed by atoms with van der Waals surface area (Å²) in [6, 6.07) is 19.7. The van der Waals surface area contributed by atoms with Crippen LogP contribution in [0.15, 0.2) is 60.7 Å². The molecule has 0 aliphatic heterocycles. The van der Waals surface area contributed by atoms with Crippen LogP contribution in [-0.2, 0) is 5.41 Å². The van der Waals surface area contributed by atoms with Crippen molar-refractivity contribution in [3.8, 4) is 0 Å². The highest BCUT2D eigenvalue weighted by molar-refractivity contribution is 5.39. The Morgan fingerprint density at radius 1 is 0.722 bits per heavy atom. The lowest BCUT2D eigenvalue weighted by atomic mass is 9.73. The lowest BCUT2D eigenvalue weighted by molar-refractivity contribution is 0.177. The molecule has 2 aromatic carbocycles. The molecule has 2 N–H and O–H groups in total. The fourth-order valence-electron chi connectivity index (χ4n) is 2.42. The van der Waals surface area contributed by atoms with Crippen molar-refractivity contribution in [2.24, 2.45) is 0 Å². The lowest BCUT2D eigenvalue weighted by Gasteiger charge is -2.32. The summed E-state index contributed by atoms with van der Waals surface area (Å²) < 4.78 is 0. The number of aliphatic hydroxyl groups is 2. The molecule has 0 unspecified atom stereocenters. The maximum atomic E-state index is 9.90. The molecule has 2 rings (SSSR count). The smallest absolute Gasteiger partial charge is 0.0569 e. The Hall–Kier alpha value is -1.64. The highest BCUT2D eigenvalue weighted by Crippen LogP contribution is 2.34. The van der Waals surface area contributed by atoms with Gasteiger partial charge in [0.05, 0.1) is 6.61 Å². The van der Waals surface area contributed by atoms with Crippen molar-refractivity contribution >= 4 is 0 Å². The van der Waals surface area contributed by atoms with E-state index in [1.54, 1.807) is 0 Å². The summed E-state index contributed by atoms with van der Waals surface area (Å²) in [7, 11) is 0. The van der Waals surface area contributed by atoms with Crippen molar-refractivity contribution in [1.29, 1.82) is 0 Å². The van der Waals surface area contributed by atoms with Gasteiger partial charge in [-0.15, -0.1) is 0 Å². The van der Waals surface area contributed by atoms with Crippen LogP contribution in [0.5, 0.6) is 0 Å². The number of hydrogen-bond acceptors (Lipinski definition) is 2. The zero-order valence-electron chi connectivity index (χ0n) is 10.3. The van der Waals surface area contributed by atoms with E-state index in [0.717, 1.165) is 11.1 Å². The van der Waals surface area contributed by atoms with Crippen molar-refractivity contribution in [2.75, 3.05) is 13.2 Å². The monoisotopic (exact) mass is 242 g/mol. The van der Waals surface area contributed by atoms with Gasteiger partial charge in [0, 0.05) is 12.0 Å². The van der Waals surface area contributed by atoms with E-state index in [1.807, 2.05) is 60.7 Å². The molecule has 0 fully saturated rings. The number of aliphatic hydroxyl groups excluding tert-OH is 2. The molecule has 0 amide bonds. The van der Waals surface area contributed by atoms with Crippen molar-refractivity contribution in [1.82, 2.24) is 0 Å². The Bertz CT molecular complexity index is 425. The van der Waals surface area contributed by atoms with Crippen molar-refractivity contribution in [3.05, 3.63) is 71.8 Å². The van der Waals surface area contributed by atoms with Crippen LogP contribution in [0.3, 0.4) is 0 Å². The fraction of sp³-hybridized carbons (Fsp3) is 0.250. The molecule has 0 radical (unpaired) electrons. The number of rotatable bonds is 5. The molecular weight excluding hydrogens is 224 g/mol. The van der Waals surface area contributed by atoms with E-state index in [9.17, 15) is 10.2 Å². The zero-order chi connectivity index (χ0) is 12.8. The molecule has 0 atom stereocenters. The quantitative estimate of drug-likeness (QED) is 0.845. The van der Waals surface area contributed by atoms with Gasteiger partial charge in [-0.2, -0.15) is 0 Å². The van der Waals surface area contributed by atoms with E-state index in [4.69, 9.17) is 0 Å². The minimum atomic E-state index is -0.517. The molecule has 0 heterocycles. The van der Waals surface area contributed by atoms with Gasteiger partial charge in [0.1, 0.15) is 0 Å². The first-order valence-corrected chi connectivity index (χ1v) is 6.16. The molecule has 0 saturated carbocycles. The van der Waals surface area contributed by atoms with Crippen LogP contribution in [0.1, 0.15) is 17.5 Å². The van der Waals surface area contributed by atoms with Gasteiger partial charge in [-0.05, 0) is 17.5 Å². The van der Waals surface area contributed by atoms with Gasteiger partial charge < -0.3 is 10.2 Å². The van der Waals surface area contributed by atoms with E-state index in [-0.39, 0.29) is 13.2 Å². The van der Waals surface area contributed by atoms with Gasteiger partial charge in [-0.3, -0.25) is 0 Å². The summed E-state index contributed by atoms with van der Waals surface area (Å²) in [6.07, 6.45) is 0.511. The molecule has 0 saturated heterocycles. The zero-order valence-corrected chi connectivity index (χ0v) is 10.3. The largest absolute Gasteiger partial charge is 0.396 e. The minimum absolute atomic E-state index is 0.0123. The van der Waals surface area contributed by atoms with Crippen LogP contribution in [0.4, 0.5) is 0 Å². The molecule has 0 aliphatic carbocycles. The van der Waals surface area contributed by atoms with E-state index in [2.05, 4.69) is 0 Å². The second-order valence-corrected chi connectivity index (χ2v) is 4.45. The topological polar surface area (TPSA) is 40.5 Å². The summed E-state index contributed by atoms with van der Waals surface area (Å²) in [6.45, 7) is 0.0337. The molecule has 0 aromatic heterocycles. The average molecular weight is 242 g/mol. The Labute approximate surface area is 108 Å². The lowest BCUT2D eigenvalue weighted by Crippen LogP contribution is -2.33. The molecular formula is C16H18O2. The first-order chi connectivity index (χ1) is 8.83. The first kappa shape index (κ1) is 12.8. The molecule has 94 valence electrons. The molecule has 18 heavy (non-hydrogen) atoms. The summed E-state index contributed by atoms with van der Waals surface area (Å²) in [5.74, 6) is 0. The highest BCUT2D eigenvalue weighted by Gasteiger charge is 2.32. The fourth-order valence-corrected chi connectivity index (χ4v) is 2.42. The Kier molecular flexibility index (Phi) is 4.13. The maximum absolute atomic E-state index is 9.90. The average Bonchev–Trinajstić information content (AvgIpc) is 2.47. The predicted molar refractivity (Wildman–Crippen MR) is 72.5 cm³/mol. The van der Waals surface area contributed by atoms with Gasteiger partial charge in [0.15, 0.2) is 0 Å². The number of hydrogen-bond donors (Lipinski definition) is 2. The van der Waals surface area contributed by atoms with Crippen LogP contribution >= 0.6 is 0 Å². The van der Waals surface area contributed by atoms with Crippen molar-refractivity contribution < 1.29 is 10.2 Å². The Morgan fingerprint density at radius 2 is 1.17 bits per heavy atom. The summed E-state index contributed by atoms with van der Waals surface area (Å²) >= 11 is 0. The maximum Gasteiger partial charge on any atom is 0.0569 e. The normalized spacial score (nSPS) is 11.4. The highest BCUT2D eigenvalue weighted by atomic mass is 16.3. The van der Waals surface area contributed by atoms with Gasteiger partial charge in [0.25, 0.3) is 0 Å². The van der Waals surface area contributed by atoms with Gasteiger partial charge in [0.2, 0.25) is 0 Å². The second kappa shape index (κ2) is 5.80. The third-order valence-corrected chi connectivity index (χ3v) is 3.46. The first-order valence-electron chi connectivity index (χ1n) is 6.16. The number of benzene rings is 2.